The summed E-state index contributed by atoms with van der Waals surface area (Å²) >= 11 is 0. The summed E-state index contributed by atoms with van der Waals surface area (Å²) in [7, 11) is 0. The van der Waals surface area contributed by atoms with Crippen LogP contribution in [0.4, 0.5) is 17.6 Å². The summed E-state index contributed by atoms with van der Waals surface area (Å²) < 4.78 is 62.1. The smallest absolute Gasteiger partial charge is 0.282 e. The third-order valence-electron chi connectivity index (χ3n) is 7.36. The fourth-order valence-electron chi connectivity index (χ4n) is 5.09. The molecule has 0 bridgehead atoms. The molecule has 1 aliphatic carbocycles. The van der Waals surface area contributed by atoms with Gasteiger partial charge in [-0.25, -0.2) is 37.2 Å². The number of nitrogens with two attached hydrogens (primary N) is 1. The molecule has 1 saturated heterocycles. The number of nitrogens with zero attached hydrogens (tertiary/aromatic N) is 6. The lowest BCUT2D eigenvalue weighted by Crippen LogP contribution is -2.33. The predicted molar refractivity (Wildman–Crippen MR) is 138 cm³/mol. The Morgan fingerprint density at radius 2 is 1.78 bits per heavy atom. The normalized spacial score (nSPS) is 19.9. The van der Waals surface area contributed by atoms with E-state index in [4.69, 9.17) is 10.5 Å². The van der Waals surface area contributed by atoms with E-state index < -0.39 is 35.2 Å². The first-order chi connectivity index (χ1) is 19.5. The molecule has 1 saturated carbocycles. The van der Waals surface area contributed by atoms with Gasteiger partial charge < -0.3 is 15.4 Å². The zero-order valence-corrected chi connectivity index (χ0v) is 22.0. The number of pyridine rings is 1. The largest absolute Gasteiger partial charge is 0.474 e. The van der Waals surface area contributed by atoms with Gasteiger partial charge in [-0.3, -0.25) is 4.79 Å². The van der Waals surface area contributed by atoms with Crippen LogP contribution in [0, 0.1) is 23.5 Å². The molecule has 0 radical (unpaired) electrons. The number of alkyl halides is 2. The summed E-state index contributed by atoms with van der Waals surface area (Å²) in [5.41, 5.74) is 6.13. The van der Waals surface area contributed by atoms with E-state index in [1.165, 1.54) is 29.6 Å². The van der Waals surface area contributed by atoms with Crippen LogP contribution in [0.15, 0.2) is 55.0 Å². The summed E-state index contributed by atoms with van der Waals surface area (Å²) in [5, 5.41) is 3.85. The summed E-state index contributed by atoms with van der Waals surface area (Å²) in [6.07, 6.45) is 0.904. The highest BCUT2D eigenvalue weighted by Gasteiger charge is 2.59. The van der Waals surface area contributed by atoms with Crippen molar-refractivity contribution in [2.75, 3.05) is 13.1 Å². The van der Waals surface area contributed by atoms with Crippen LogP contribution in [-0.2, 0) is 5.54 Å². The number of halogens is 4. The first kappa shape index (κ1) is 26.8. The molecule has 4 heterocycles. The highest BCUT2D eigenvalue weighted by Crippen LogP contribution is 2.48. The average Bonchev–Trinajstić information content (AvgIpc) is 3.29. The van der Waals surface area contributed by atoms with E-state index in [2.05, 4.69) is 20.1 Å². The highest BCUT2D eigenvalue weighted by atomic mass is 19.3. The van der Waals surface area contributed by atoms with E-state index in [1.54, 1.807) is 32.0 Å². The molecule has 0 spiro atoms. The number of hydrogen-bond acceptors (Lipinski definition) is 7. The van der Waals surface area contributed by atoms with E-state index in [9.17, 15) is 22.4 Å². The number of fused-ring (bicyclic) bond motifs is 1. The molecule has 2 aliphatic rings. The molecule has 212 valence electrons. The van der Waals surface area contributed by atoms with Gasteiger partial charge in [-0.2, -0.15) is 5.10 Å². The van der Waals surface area contributed by atoms with Crippen molar-refractivity contribution < 1.29 is 27.1 Å². The standard InChI is InChI=1S/C28H25F4N7O2/c1-28(2,33)15-9-21(14-4-5-19(29)20(30)8-14)36-22(10-15)41-24-16-11-38(12-17(16)24)26(40)18-13-39(37-23(18)25(31)32)27-34-6-3-7-35-27/h3-10,13,16-17,24-25H,11-12,33H2,1-2H3. The SMILES string of the molecule is CC(C)(N)c1cc(OC2C3CN(C(=O)c4cn(-c5ncccn5)nc4C(F)F)CC32)nc(-c2ccc(F)c(F)c2)c1. The molecule has 41 heavy (non-hydrogen) atoms. The van der Waals surface area contributed by atoms with E-state index >= 15 is 0 Å². The molecular formula is C28H25F4N7O2. The summed E-state index contributed by atoms with van der Waals surface area (Å²) in [5.74, 6) is -2.23. The molecule has 2 unspecified atom stereocenters. The van der Waals surface area contributed by atoms with Crippen LogP contribution in [0.25, 0.3) is 17.2 Å². The number of aromatic nitrogens is 5. The summed E-state index contributed by atoms with van der Waals surface area (Å²) in [6, 6.07) is 8.50. The third-order valence-corrected chi connectivity index (χ3v) is 7.36. The zero-order chi connectivity index (χ0) is 29.1. The second kappa shape index (κ2) is 9.91. The molecule has 9 nitrogen and oxygen atoms in total. The van der Waals surface area contributed by atoms with Crippen molar-refractivity contribution in [2.45, 2.75) is 31.9 Å². The molecule has 4 aromatic rings. The van der Waals surface area contributed by atoms with Gasteiger partial charge in [0.2, 0.25) is 11.8 Å². The number of hydrogen-bond donors (Lipinski definition) is 1. The fraction of sp³-hybridized carbons (Fsp3) is 0.321. The maximum atomic E-state index is 13.9. The Morgan fingerprint density at radius 3 is 2.41 bits per heavy atom. The van der Waals surface area contributed by atoms with Gasteiger partial charge in [0.05, 0.1) is 11.3 Å². The highest BCUT2D eigenvalue weighted by molar-refractivity contribution is 5.95. The number of rotatable bonds is 7. The monoisotopic (exact) mass is 567 g/mol. The van der Waals surface area contributed by atoms with Gasteiger partial charge in [-0.1, -0.05) is 0 Å². The third kappa shape index (κ3) is 5.12. The lowest BCUT2D eigenvalue weighted by Gasteiger charge is -2.22. The minimum Gasteiger partial charge on any atom is -0.474 e. The Kier molecular flexibility index (Phi) is 6.48. The van der Waals surface area contributed by atoms with Crippen LogP contribution in [0.1, 0.15) is 41.9 Å². The fourth-order valence-corrected chi connectivity index (χ4v) is 5.09. The molecule has 1 amide bonds. The lowest BCUT2D eigenvalue weighted by molar-refractivity contribution is 0.0739. The molecular weight excluding hydrogens is 542 g/mol. The number of likely N-dealkylation sites (tertiary alicyclic amines) is 1. The van der Waals surface area contributed by atoms with Crippen LogP contribution >= 0.6 is 0 Å². The Balaban J connectivity index is 1.18. The van der Waals surface area contributed by atoms with Crippen molar-refractivity contribution in [3.8, 4) is 23.1 Å². The number of carbonyl (C=O) groups is 1. The molecule has 3 aromatic heterocycles. The molecule has 2 fully saturated rings. The van der Waals surface area contributed by atoms with E-state index in [0.717, 1.165) is 16.8 Å². The Bertz CT molecular complexity index is 1610. The van der Waals surface area contributed by atoms with Gasteiger partial charge in [0.15, 0.2) is 11.6 Å². The number of amides is 1. The van der Waals surface area contributed by atoms with E-state index in [-0.39, 0.29) is 35.3 Å². The minimum absolute atomic E-state index is 0.0236. The summed E-state index contributed by atoms with van der Waals surface area (Å²) in [6.45, 7) is 4.22. The second-order valence-electron chi connectivity index (χ2n) is 10.8. The molecule has 2 N–H and O–H groups in total. The van der Waals surface area contributed by atoms with Gasteiger partial charge in [0.25, 0.3) is 12.3 Å². The van der Waals surface area contributed by atoms with Crippen molar-refractivity contribution in [1.29, 1.82) is 0 Å². The van der Waals surface area contributed by atoms with Crippen molar-refractivity contribution >= 4 is 5.91 Å². The van der Waals surface area contributed by atoms with Gasteiger partial charge in [0.1, 0.15) is 11.8 Å². The maximum Gasteiger partial charge on any atom is 0.282 e. The predicted octanol–water partition coefficient (Wildman–Crippen LogP) is 4.28. The van der Waals surface area contributed by atoms with Gasteiger partial charge in [-0.15, -0.1) is 0 Å². The van der Waals surface area contributed by atoms with Crippen molar-refractivity contribution in [1.82, 2.24) is 29.6 Å². The second-order valence-corrected chi connectivity index (χ2v) is 10.8. The van der Waals surface area contributed by atoms with Crippen LogP contribution in [0.3, 0.4) is 0 Å². The Hall–Kier alpha value is -4.39. The Labute approximate surface area is 232 Å². The molecule has 13 heteroatoms. The van der Waals surface area contributed by atoms with Gasteiger partial charge in [-0.05, 0) is 49.7 Å². The number of ether oxygens (including phenoxy) is 1. The number of carbonyl (C=O) groups excluding carboxylic acids is 1. The zero-order valence-electron chi connectivity index (χ0n) is 22.0. The first-order valence-electron chi connectivity index (χ1n) is 12.9. The molecule has 6 rings (SSSR count). The molecule has 1 aromatic carbocycles. The quantitative estimate of drug-likeness (QED) is 0.332. The minimum atomic E-state index is -2.96. The topological polar surface area (TPSA) is 112 Å². The number of piperidine rings is 1. The van der Waals surface area contributed by atoms with Crippen molar-refractivity contribution in [3.63, 3.8) is 0 Å². The van der Waals surface area contributed by atoms with E-state index in [0.29, 0.717) is 29.9 Å². The molecule has 1 aliphatic heterocycles. The maximum absolute atomic E-state index is 13.9. The van der Waals surface area contributed by atoms with E-state index in [1.807, 2.05) is 0 Å². The first-order valence-corrected chi connectivity index (χ1v) is 12.9. The van der Waals surface area contributed by atoms with Crippen molar-refractivity contribution in [2.24, 2.45) is 17.6 Å². The van der Waals surface area contributed by atoms with Gasteiger partial charge in [0, 0.05) is 60.7 Å². The molecule has 2 atom stereocenters. The van der Waals surface area contributed by atoms with Crippen LogP contribution in [0.5, 0.6) is 5.88 Å². The lowest BCUT2D eigenvalue weighted by atomic mass is 9.95. The van der Waals surface area contributed by atoms with Crippen LogP contribution in [-0.4, -0.2) is 54.7 Å². The van der Waals surface area contributed by atoms with Crippen molar-refractivity contribution in [3.05, 3.63) is 83.4 Å². The van der Waals surface area contributed by atoms with Crippen LogP contribution < -0.4 is 10.5 Å². The number of benzene rings is 1. The van der Waals surface area contributed by atoms with Gasteiger partial charge >= 0.3 is 0 Å². The Morgan fingerprint density at radius 1 is 1.07 bits per heavy atom. The summed E-state index contributed by atoms with van der Waals surface area (Å²) in [4.78, 5) is 27.2. The average molecular weight is 568 g/mol. The van der Waals surface area contributed by atoms with Crippen LogP contribution in [0.2, 0.25) is 0 Å².